The number of carbonyl (C=O) groups is 2. The van der Waals surface area contributed by atoms with Gasteiger partial charge in [-0.05, 0) is 56.0 Å². The molecule has 0 spiro atoms. The summed E-state index contributed by atoms with van der Waals surface area (Å²) in [4.78, 5) is 31.5. The molecule has 2 aromatic rings. The highest BCUT2D eigenvalue weighted by atomic mass is 32.2. The number of sulfonamides is 1. The number of carboxylic acids is 1. The van der Waals surface area contributed by atoms with Gasteiger partial charge in [-0.1, -0.05) is 23.9 Å². The smallest absolute Gasteiger partial charge is 0.323 e. The molecule has 1 unspecified atom stereocenters. The van der Waals surface area contributed by atoms with Crippen LogP contribution in [0.1, 0.15) is 25.7 Å². The number of guanidine groups is 1. The van der Waals surface area contributed by atoms with Gasteiger partial charge in [-0.25, -0.2) is 8.42 Å². The van der Waals surface area contributed by atoms with Crippen molar-refractivity contribution < 1.29 is 32.6 Å². The summed E-state index contributed by atoms with van der Waals surface area (Å²) in [6, 6.07) is 10.6. The Bertz CT molecular complexity index is 1390. The van der Waals surface area contributed by atoms with Crippen LogP contribution in [0.4, 0.5) is 0 Å². The molecule has 1 saturated heterocycles. The van der Waals surface area contributed by atoms with Gasteiger partial charge in [0.05, 0.1) is 20.8 Å². The van der Waals surface area contributed by atoms with Crippen molar-refractivity contribution in [3.8, 4) is 11.5 Å². The molecular formula is C25H31N7O7S2. The number of carboxylic acid groups (broad SMARTS) is 1. The lowest BCUT2D eigenvalue weighted by Crippen LogP contribution is -2.51. The summed E-state index contributed by atoms with van der Waals surface area (Å²) in [5, 5.41) is 21.4. The Hall–Kier alpha value is -3.91. The Morgan fingerprint density at radius 3 is 2.59 bits per heavy atom. The van der Waals surface area contributed by atoms with Gasteiger partial charge in [-0.2, -0.15) is 4.72 Å². The number of carbonyl (C=O) groups excluding carboxylic acids is 1. The highest BCUT2D eigenvalue weighted by Gasteiger charge is 2.33. The Morgan fingerprint density at radius 2 is 1.90 bits per heavy atom. The average Bonchev–Trinajstić information content (AvgIpc) is 3.46. The van der Waals surface area contributed by atoms with Gasteiger partial charge in [0, 0.05) is 30.5 Å². The van der Waals surface area contributed by atoms with E-state index >= 15 is 0 Å². The van der Waals surface area contributed by atoms with E-state index < -0.39 is 34.5 Å². The molecule has 41 heavy (non-hydrogen) atoms. The molecule has 0 bridgehead atoms. The molecule has 6 N–H and O–H groups in total. The Balaban J connectivity index is 0.00000226. The predicted octanol–water partition coefficient (Wildman–Crippen LogP) is 1.77. The molecule has 1 fully saturated rings. The molecule has 4 rings (SSSR count). The van der Waals surface area contributed by atoms with E-state index in [1.165, 1.54) is 23.9 Å². The molecule has 0 aliphatic carbocycles. The van der Waals surface area contributed by atoms with Crippen LogP contribution in [0.25, 0.3) is 0 Å². The first kappa shape index (κ1) is 31.6. The van der Waals surface area contributed by atoms with Crippen LogP contribution in [0.2, 0.25) is 0 Å². The summed E-state index contributed by atoms with van der Waals surface area (Å²) in [6.07, 6.45) is 1.50. The SMILES string of the molecule is N#N.NC(N)=NCCC[C@H](NS(=O)(=O)c1ccc2c(c1)Sc1ccccc1O2)C(=O)N(CC(=O)O)CC1CCCO1. The first-order valence-electron chi connectivity index (χ1n) is 12.6. The van der Waals surface area contributed by atoms with Crippen molar-refractivity contribution in [3.63, 3.8) is 0 Å². The number of hydrogen-bond donors (Lipinski definition) is 4. The molecule has 0 radical (unpaired) electrons. The van der Waals surface area contributed by atoms with E-state index in [9.17, 15) is 23.1 Å². The molecule has 2 atom stereocenters. The lowest BCUT2D eigenvalue weighted by atomic mass is 10.1. The van der Waals surface area contributed by atoms with Crippen LogP contribution < -0.4 is 20.9 Å². The Kier molecular flexibility index (Phi) is 11.3. The standard InChI is InChI=1S/C25H31N5O7S2.N2/c26-25(27)28-11-3-6-18(24(33)30(15-23(31)32)14-16-5-4-12-36-16)29-39(34,35)17-9-10-20-22(13-17)38-21-8-2-1-7-19(21)37-20;1-2/h1-2,7-10,13,16,18,29H,3-6,11-12,14-15H2,(H,31,32)(H4,26,27,28);/t16?,18-;/m0./s1. The maximum atomic E-state index is 13.5. The normalized spacial score (nSPS) is 16.1. The molecule has 2 heterocycles. The van der Waals surface area contributed by atoms with Gasteiger partial charge in [0.1, 0.15) is 24.1 Å². The van der Waals surface area contributed by atoms with E-state index in [2.05, 4.69) is 9.71 Å². The number of hydrogen-bond acceptors (Lipinski definition) is 10. The first-order chi connectivity index (χ1) is 19.6. The zero-order valence-electron chi connectivity index (χ0n) is 22.0. The maximum Gasteiger partial charge on any atom is 0.323 e. The molecule has 14 nitrogen and oxygen atoms in total. The fourth-order valence-corrected chi connectivity index (χ4v) is 6.63. The molecule has 0 saturated carbocycles. The topological polar surface area (TPSA) is 234 Å². The number of fused-ring (bicyclic) bond motifs is 2. The lowest BCUT2D eigenvalue weighted by molar-refractivity contribution is -0.146. The molecule has 16 heteroatoms. The average molecular weight is 606 g/mol. The second-order valence-corrected chi connectivity index (χ2v) is 11.9. The number of rotatable bonds is 12. The Morgan fingerprint density at radius 1 is 1.17 bits per heavy atom. The zero-order chi connectivity index (χ0) is 30.0. The molecule has 2 aromatic carbocycles. The van der Waals surface area contributed by atoms with Crippen LogP contribution in [0, 0.1) is 10.8 Å². The molecule has 0 aromatic heterocycles. The lowest BCUT2D eigenvalue weighted by Gasteiger charge is -2.28. The van der Waals surface area contributed by atoms with Crippen molar-refractivity contribution in [1.82, 2.24) is 9.62 Å². The fourth-order valence-electron chi connectivity index (χ4n) is 4.32. The molecule has 2 aliphatic rings. The van der Waals surface area contributed by atoms with E-state index in [1.54, 1.807) is 6.07 Å². The third-order valence-electron chi connectivity index (χ3n) is 6.14. The number of nitrogens with two attached hydrogens (primary N) is 2. The highest BCUT2D eigenvalue weighted by Crippen LogP contribution is 2.47. The first-order valence-corrected chi connectivity index (χ1v) is 14.9. The zero-order valence-corrected chi connectivity index (χ0v) is 23.6. The van der Waals surface area contributed by atoms with Crippen LogP contribution in [-0.2, 0) is 24.3 Å². The molecule has 2 aliphatic heterocycles. The maximum absolute atomic E-state index is 13.5. The van der Waals surface area contributed by atoms with Crippen LogP contribution in [-0.4, -0.2) is 74.6 Å². The number of aliphatic imine (C=N–C) groups is 1. The quantitative estimate of drug-likeness (QED) is 0.100. The third-order valence-corrected chi connectivity index (χ3v) is 8.71. The summed E-state index contributed by atoms with van der Waals surface area (Å²) in [5.74, 6) is -0.799. The molecule has 220 valence electrons. The van der Waals surface area contributed by atoms with Crippen LogP contribution in [0.3, 0.4) is 0 Å². The van der Waals surface area contributed by atoms with Crippen molar-refractivity contribution in [3.05, 3.63) is 42.5 Å². The minimum Gasteiger partial charge on any atom is -0.480 e. The summed E-state index contributed by atoms with van der Waals surface area (Å²) in [6.45, 7) is 0.157. The van der Waals surface area contributed by atoms with Crippen molar-refractivity contribution >= 4 is 39.6 Å². The van der Waals surface area contributed by atoms with E-state index in [-0.39, 0.29) is 42.9 Å². The van der Waals surface area contributed by atoms with Crippen molar-refractivity contribution in [2.75, 3.05) is 26.2 Å². The van der Waals surface area contributed by atoms with Gasteiger partial charge < -0.3 is 30.9 Å². The van der Waals surface area contributed by atoms with Gasteiger partial charge in [0.25, 0.3) is 0 Å². The number of nitrogens with zero attached hydrogens (tertiary/aromatic N) is 4. The van der Waals surface area contributed by atoms with E-state index in [0.717, 1.165) is 16.2 Å². The minimum absolute atomic E-state index is 0.0451. The fraction of sp³-hybridized carbons (Fsp3) is 0.400. The van der Waals surface area contributed by atoms with Crippen LogP contribution in [0.15, 0.2) is 62.1 Å². The number of nitrogens with one attached hydrogen (secondary N) is 1. The monoisotopic (exact) mass is 605 g/mol. The summed E-state index contributed by atoms with van der Waals surface area (Å²) in [5.41, 5.74) is 10.8. The van der Waals surface area contributed by atoms with Crippen LogP contribution >= 0.6 is 11.8 Å². The van der Waals surface area contributed by atoms with Gasteiger partial charge >= 0.3 is 5.97 Å². The third kappa shape index (κ3) is 8.79. The van der Waals surface area contributed by atoms with Crippen LogP contribution in [0.5, 0.6) is 11.5 Å². The minimum atomic E-state index is -4.19. The summed E-state index contributed by atoms with van der Waals surface area (Å²) < 4.78 is 40.9. The predicted molar refractivity (Wildman–Crippen MR) is 148 cm³/mol. The Labute approximate surface area is 241 Å². The number of amides is 1. The highest BCUT2D eigenvalue weighted by molar-refractivity contribution is 7.99. The number of benzene rings is 2. The van der Waals surface area contributed by atoms with Gasteiger partial charge in [0.2, 0.25) is 15.9 Å². The van der Waals surface area contributed by atoms with Crippen molar-refractivity contribution in [1.29, 1.82) is 10.8 Å². The second-order valence-electron chi connectivity index (χ2n) is 9.13. The van der Waals surface area contributed by atoms with Gasteiger partial charge in [0.15, 0.2) is 5.96 Å². The van der Waals surface area contributed by atoms with Gasteiger partial charge in [-0.3, -0.25) is 14.6 Å². The largest absolute Gasteiger partial charge is 0.480 e. The second kappa shape index (κ2) is 14.6. The number of ether oxygens (including phenoxy) is 2. The molecule has 1 amide bonds. The van der Waals surface area contributed by atoms with E-state index in [0.29, 0.717) is 29.4 Å². The number of aliphatic carboxylic acids is 1. The van der Waals surface area contributed by atoms with E-state index in [4.69, 9.17) is 31.7 Å². The van der Waals surface area contributed by atoms with Gasteiger partial charge in [-0.15, -0.1) is 0 Å². The summed E-state index contributed by atoms with van der Waals surface area (Å²) in [7, 11) is -4.19. The summed E-state index contributed by atoms with van der Waals surface area (Å²) >= 11 is 1.38. The van der Waals surface area contributed by atoms with Crippen molar-refractivity contribution in [2.24, 2.45) is 16.5 Å². The number of para-hydroxylation sites is 1. The van der Waals surface area contributed by atoms with E-state index in [1.807, 2.05) is 24.3 Å². The van der Waals surface area contributed by atoms with Crippen molar-refractivity contribution in [2.45, 2.75) is 52.5 Å². The molecular weight excluding hydrogens is 574 g/mol.